The number of hydrogen-bond acceptors (Lipinski definition) is 5. The highest BCUT2D eigenvalue weighted by molar-refractivity contribution is 7.99. The number of aryl methyl sites for hydroxylation is 1. The van der Waals surface area contributed by atoms with E-state index in [1.165, 1.54) is 16.4 Å². The summed E-state index contributed by atoms with van der Waals surface area (Å²) in [5, 5.41) is 8.67. The lowest BCUT2D eigenvalue weighted by molar-refractivity contribution is 0.101. The smallest absolute Gasteiger partial charge is 0.210 e. The van der Waals surface area contributed by atoms with Crippen molar-refractivity contribution >= 4 is 17.5 Å². The van der Waals surface area contributed by atoms with Gasteiger partial charge >= 0.3 is 0 Å². The first-order valence-electron chi connectivity index (χ1n) is 6.72. The fourth-order valence-corrected chi connectivity index (χ4v) is 2.73. The Kier molecular flexibility index (Phi) is 3.97. The minimum Gasteiger partial charge on any atom is -0.359 e. The second-order valence-electron chi connectivity index (χ2n) is 4.84. The summed E-state index contributed by atoms with van der Waals surface area (Å²) in [4.78, 5) is 14.8. The van der Waals surface area contributed by atoms with E-state index in [0.29, 0.717) is 16.7 Å². The standard InChI is InChI=1S/C15H15N5OS/c1-10-4-6-11(7-5-10)14-18-19-15(20(14)16)22-9-13(21)12-3-2-8-17-12/h2-8,17H,9,16H2,1H3. The van der Waals surface area contributed by atoms with E-state index in [9.17, 15) is 4.79 Å². The zero-order chi connectivity index (χ0) is 15.5. The summed E-state index contributed by atoms with van der Waals surface area (Å²) in [5.41, 5.74) is 2.63. The number of carbonyl (C=O) groups excluding carboxylic acids is 1. The molecule has 3 aromatic rings. The summed E-state index contributed by atoms with van der Waals surface area (Å²) in [6.45, 7) is 2.02. The number of nitrogens with one attached hydrogen (secondary N) is 1. The number of Topliss-reactive ketones (excluding diaryl/α,β-unsaturated/α-hetero) is 1. The van der Waals surface area contributed by atoms with Gasteiger partial charge in [-0.15, -0.1) is 10.2 Å². The zero-order valence-electron chi connectivity index (χ0n) is 12.0. The van der Waals surface area contributed by atoms with Crippen LogP contribution in [0.1, 0.15) is 16.1 Å². The van der Waals surface area contributed by atoms with Crippen LogP contribution in [0.3, 0.4) is 0 Å². The number of aromatic nitrogens is 4. The van der Waals surface area contributed by atoms with Crippen molar-refractivity contribution in [1.82, 2.24) is 19.9 Å². The van der Waals surface area contributed by atoms with Gasteiger partial charge in [0, 0.05) is 11.8 Å². The van der Waals surface area contributed by atoms with Gasteiger partial charge in [-0.2, -0.15) is 0 Å². The second kappa shape index (κ2) is 6.07. The highest BCUT2D eigenvalue weighted by atomic mass is 32.2. The molecule has 0 aliphatic heterocycles. The van der Waals surface area contributed by atoms with E-state index in [1.807, 2.05) is 31.2 Å². The van der Waals surface area contributed by atoms with Crippen LogP contribution in [-0.2, 0) is 0 Å². The van der Waals surface area contributed by atoms with Gasteiger partial charge in [0.05, 0.1) is 11.4 Å². The molecule has 0 saturated heterocycles. The highest BCUT2D eigenvalue weighted by Gasteiger charge is 2.14. The first-order chi connectivity index (χ1) is 10.6. The molecule has 0 aliphatic rings. The quantitative estimate of drug-likeness (QED) is 0.428. The summed E-state index contributed by atoms with van der Waals surface area (Å²) >= 11 is 1.27. The maximum Gasteiger partial charge on any atom is 0.210 e. The van der Waals surface area contributed by atoms with Crippen molar-refractivity contribution in [3.8, 4) is 11.4 Å². The third kappa shape index (κ3) is 2.89. The molecule has 0 bridgehead atoms. The van der Waals surface area contributed by atoms with Crippen LogP contribution in [-0.4, -0.2) is 31.4 Å². The molecular formula is C15H15N5OS. The van der Waals surface area contributed by atoms with Crippen LogP contribution in [0.4, 0.5) is 0 Å². The molecular weight excluding hydrogens is 298 g/mol. The van der Waals surface area contributed by atoms with Crippen LogP contribution in [0, 0.1) is 6.92 Å². The third-order valence-electron chi connectivity index (χ3n) is 3.21. The largest absolute Gasteiger partial charge is 0.359 e. The number of nitrogen functional groups attached to an aromatic ring is 1. The summed E-state index contributed by atoms with van der Waals surface area (Å²) in [7, 11) is 0. The molecule has 0 saturated carbocycles. The third-order valence-corrected chi connectivity index (χ3v) is 4.15. The fourth-order valence-electron chi connectivity index (χ4n) is 1.99. The Bertz CT molecular complexity index is 777. The summed E-state index contributed by atoms with van der Waals surface area (Å²) < 4.78 is 1.41. The van der Waals surface area contributed by atoms with Gasteiger partial charge in [-0.1, -0.05) is 41.6 Å². The predicted octanol–water partition coefficient (Wildman–Crippen LogP) is 2.27. The average Bonchev–Trinajstić information content (AvgIpc) is 3.16. The van der Waals surface area contributed by atoms with Crippen molar-refractivity contribution in [2.45, 2.75) is 12.1 Å². The molecule has 2 aromatic heterocycles. The van der Waals surface area contributed by atoms with Crippen molar-refractivity contribution in [2.24, 2.45) is 0 Å². The topological polar surface area (TPSA) is 89.6 Å². The van der Waals surface area contributed by atoms with Crippen LogP contribution in [0.15, 0.2) is 47.8 Å². The van der Waals surface area contributed by atoms with Crippen molar-refractivity contribution in [3.05, 3.63) is 53.9 Å². The minimum absolute atomic E-state index is 0.00474. The van der Waals surface area contributed by atoms with Crippen LogP contribution in [0.25, 0.3) is 11.4 Å². The maximum absolute atomic E-state index is 12.0. The number of thioether (sulfide) groups is 1. The van der Waals surface area contributed by atoms with Crippen LogP contribution in [0.5, 0.6) is 0 Å². The van der Waals surface area contributed by atoms with Gasteiger partial charge in [0.2, 0.25) is 5.16 Å². The lowest BCUT2D eigenvalue weighted by atomic mass is 10.1. The van der Waals surface area contributed by atoms with Crippen molar-refractivity contribution in [3.63, 3.8) is 0 Å². The molecule has 0 radical (unpaired) electrons. The molecule has 1 aromatic carbocycles. The SMILES string of the molecule is Cc1ccc(-c2nnc(SCC(=O)c3ccc[nH]3)n2N)cc1. The van der Waals surface area contributed by atoms with Gasteiger partial charge in [0.25, 0.3) is 0 Å². The number of nitrogens with two attached hydrogens (primary N) is 1. The predicted molar refractivity (Wildman–Crippen MR) is 86.2 cm³/mol. The summed E-state index contributed by atoms with van der Waals surface area (Å²) in [6.07, 6.45) is 1.72. The lowest BCUT2D eigenvalue weighted by Gasteiger charge is -2.03. The Morgan fingerprint density at radius 3 is 2.73 bits per heavy atom. The van der Waals surface area contributed by atoms with E-state index in [2.05, 4.69) is 15.2 Å². The van der Waals surface area contributed by atoms with E-state index in [4.69, 9.17) is 5.84 Å². The summed E-state index contributed by atoms with van der Waals surface area (Å²) in [6, 6.07) is 11.4. The molecule has 2 heterocycles. The molecule has 0 atom stereocenters. The molecule has 0 fully saturated rings. The number of hydrogen-bond donors (Lipinski definition) is 2. The summed E-state index contributed by atoms with van der Waals surface area (Å²) in [5.74, 6) is 6.86. The van der Waals surface area contributed by atoms with Gasteiger partial charge in [-0.25, -0.2) is 4.68 Å². The molecule has 3 rings (SSSR count). The average molecular weight is 313 g/mol. The van der Waals surface area contributed by atoms with E-state index < -0.39 is 0 Å². The number of benzene rings is 1. The van der Waals surface area contributed by atoms with Gasteiger partial charge in [-0.3, -0.25) is 4.79 Å². The van der Waals surface area contributed by atoms with Gasteiger partial charge < -0.3 is 10.8 Å². The Labute approximate surface area is 131 Å². The monoisotopic (exact) mass is 313 g/mol. The van der Waals surface area contributed by atoms with E-state index in [1.54, 1.807) is 18.3 Å². The van der Waals surface area contributed by atoms with Gasteiger partial charge in [0.1, 0.15) is 0 Å². The molecule has 0 aliphatic carbocycles. The molecule has 112 valence electrons. The maximum atomic E-state index is 12.0. The van der Waals surface area contributed by atoms with Crippen molar-refractivity contribution in [1.29, 1.82) is 0 Å². The normalized spacial score (nSPS) is 10.8. The molecule has 0 spiro atoms. The number of aromatic amines is 1. The number of carbonyl (C=O) groups is 1. The second-order valence-corrected chi connectivity index (χ2v) is 5.78. The first kappa shape index (κ1) is 14.4. The zero-order valence-corrected chi connectivity index (χ0v) is 12.8. The van der Waals surface area contributed by atoms with Crippen molar-refractivity contribution in [2.75, 3.05) is 11.6 Å². The molecule has 0 unspecified atom stereocenters. The molecule has 22 heavy (non-hydrogen) atoms. The number of H-pyrrole nitrogens is 1. The highest BCUT2D eigenvalue weighted by Crippen LogP contribution is 2.22. The molecule has 0 amide bonds. The molecule has 3 N–H and O–H groups in total. The van der Waals surface area contributed by atoms with Crippen molar-refractivity contribution < 1.29 is 4.79 Å². The van der Waals surface area contributed by atoms with Crippen LogP contribution in [0.2, 0.25) is 0 Å². The Hall–Kier alpha value is -2.54. The lowest BCUT2D eigenvalue weighted by Crippen LogP contribution is -2.12. The fraction of sp³-hybridized carbons (Fsp3) is 0.133. The minimum atomic E-state index is -0.00474. The van der Waals surface area contributed by atoms with E-state index in [-0.39, 0.29) is 11.5 Å². The number of ketones is 1. The Morgan fingerprint density at radius 1 is 1.27 bits per heavy atom. The van der Waals surface area contributed by atoms with Crippen LogP contribution < -0.4 is 5.84 Å². The Morgan fingerprint density at radius 2 is 2.05 bits per heavy atom. The van der Waals surface area contributed by atoms with E-state index >= 15 is 0 Å². The first-order valence-corrected chi connectivity index (χ1v) is 7.70. The number of rotatable bonds is 5. The molecule has 7 heteroatoms. The molecule has 6 nitrogen and oxygen atoms in total. The van der Waals surface area contributed by atoms with Gasteiger partial charge in [-0.05, 0) is 19.1 Å². The van der Waals surface area contributed by atoms with Gasteiger partial charge in [0.15, 0.2) is 11.6 Å². The Balaban J connectivity index is 1.73. The van der Waals surface area contributed by atoms with E-state index in [0.717, 1.165) is 11.1 Å². The number of nitrogens with zero attached hydrogens (tertiary/aromatic N) is 3. The van der Waals surface area contributed by atoms with Crippen LogP contribution >= 0.6 is 11.8 Å².